The van der Waals surface area contributed by atoms with Crippen molar-refractivity contribution in [2.75, 3.05) is 0 Å². The van der Waals surface area contributed by atoms with Crippen molar-refractivity contribution in [2.24, 2.45) is 0 Å². The Morgan fingerprint density at radius 3 is 2.33 bits per heavy atom. The highest BCUT2D eigenvalue weighted by molar-refractivity contribution is 6.33. The number of esters is 1. The summed E-state index contributed by atoms with van der Waals surface area (Å²) in [6, 6.07) is 7.37. The van der Waals surface area contributed by atoms with Gasteiger partial charge in [-0.2, -0.15) is 13.2 Å². The fraction of sp³-hybridized carbons (Fsp3) is 0.133. The zero-order valence-corrected chi connectivity index (χ0v) is 12.6. The van der Waals surface area contributed by atoms with E-state index >= 15 is 0 Å². The molecule has 0 bridgehead atoms. The number of non-ortho nitro benzene ring substituents is 1. The summed E-state index contributed by atoms with van der Waals surface area (Å²) >= 11 is 5.80. The van der Waals surface area contributed by atoms with Crippen molar-refractivity contribution in [1.82, 2.24) is 0 Å². The quantitative estimate of drug-likeness (QED) is 0.453. The van der Waals surface area contributed by atoms with Gasteiger partial charge in [-0.05, 0) is 23.8 Å². The second-order valence-corrected chi connectivity index (χ2v) is 5.10. The second-order valence-electron chi connectivity index (χ2n) is 4.69. The van der Waals surface area contributed by atoms with Gasteiger partial charge in [0, 0.05) is 12.1 Å². The fourth-order valence-electron chi connectivity index (χ4n) is 1.80. The fourth-order valence-corrected chi connectivity index (χ4v) is 1.99. The van der Waals surface area contributed by atoms with Crippen LogP contribution in [0.2, 0.25) is 5.02 Å². The Balaban J connectivity index is 2.08. The predicted octanol–water partition coefficient (Wildman–Crippen LogP) is 4.62. The molecule has 0 saturated heterocycles. The lowest BCUT2D eigenvalue weighted by Crippen LogP contribution is -2.08. The molecule has 0 atom stereocenters. The molecule has 0 N–H and O–H groups in total. The highest BCUT2D eigenvalue weighted by Crippen LogP contribution is 2.29. The number of nitrogens with zero attached hydrogens (tertiary/aromatic N) is 1. The van der Waals surface area contributed by atoms with E-state index in [1.165, 1.54) is 18.2 Å². The second kappa shape index (κ2) is 6.88. The van der Waals surface area contributed by atoms with Gasteiger partial charge >= 0.3 is 12.1 Å². The average Bonchev–Trinajstić information content (AvgIpc) is 2.52. The molecule has 0 amide bonds. The normalized spacial score (nSPS) is 11.2. The monoisotopic (exact) mass is 359 g/mol. The third-order valence-corrected chi connectivity index (χ3v) is 3.36. The molecule has 126 valence electrons. The molecule has 0 aromatic heterocycles. The van der Waals surface area contributed by atoms with Gasteiger partial charge in [0.1, 0.15) is 6.61 Å². The molecule has 0 radical (unpaired) electrons. The number of hydrogen-bond donors (Lipinski definition) is 0. The SMILES string of the molecule is O=C(OCc1ccc(C(F)(F)F)cc1)c1cc([N+](=O)[O-])ccc1Cl. The summed E-state index contributed by atoms with van der Waals surface area (Å²) in [5.74, 6) is -0.913. The summed E-state index contributed by atoms with van der Waals surface area (Å²) in [5.41, 5.74) is -1.02. The van der Waals surface area contributed by atoms with Crippen molar-refractivity contribution in [3.8, 4) is 0 Å². The molecule has 24 heavy (non-hydrogen) atoms. The van der Waals surface area contributed by atoms with Crippen molar-refractivity contribution in [3.63, 3.8) is 0 Å². The van der Waals surface area contributed by atoms with Gasteiger partial charge in [0.2, 0.25) is 0 Å². The van der Waals surface area contributed by atoms with E-state index in [1.54, 1.807) is 0 Å². The standard InChI is InChI=1S/C15H9ClF3NO4/c16-13-6-5-11(20(22)23)7-12(13)14(21)24-8-9-1-3-10(4-2-9)15(17,18)19/h1-7H,8H2. The van der Waals surface area contributed by atoms with Crippen molar-refractivity contribution in [2.45, 2.75) is 12.8 Å². The van der Waals surface area contributed by atoms with Gasteiger partial charge in [-0.1, -0.05) is 23.7 Å². The molecule has 2 aromatic rings. The maximum Gasteiger partial charge on any atom is 0.416 e. The first kappa shape index (κ1) is 17.7. The van der Waals surface area contributed by atoms with Gasteiger partial charge in [0.05, 0.1) is 21.1 Å². The summed E-state index contributed by atoms with van der Waals surface area (Å²) in [7, 11) is 0. The van der Waals surface area contributed by atoms with Crippen molar-refractivity contribution < 1.29 is 27.6 Å². The van der Waals surface area contributed by atoms with Crippen LogP contribution in [0.5, 0.6) is 0 Å². The molecule has 0 fully saturated rings. The molecule has 0 aliphatic rings. The smallest absolute Gasteiger partial charge is 0.416 e. The van der Waals surface area contributed by atoms with Crippen LogP contribution < -0.4 is 0 Å². The largest absolute Gasteiger partial charge is 0.457 e. The molecular weight excluding hydrogens is 351 g/mol. The van der Waals surface area contributed by atoms with Gasteiger partial charge in [-0.15, -0.1) is 0 Å². The highest BCUT2D eigenvalue weighted by Gasteiger charge is 2.30. The van der Waals surface area contributed by atoms with Gasteiger partial charge < -0.3 is 4.74 Å². The Bertz CT molecular complexity index is 775. The Kier molecular flexibility index (Phi) is 5.08. The van der Waals surface area contributed by atoms with Gasteiger partial charge in [-0.25, -0.2) is 4.79 Å². The zero-order chi connectivity index (χ0) is 17.9. The summed E-state index contributed by atoms with van der Waals surface area (Å²) in [6.07, 6.45) is -4.45. The number of nitro groups is 1. The lowest BCUT2D eigenvalue weighted by atomic mass is 10.1. The van der Waals surface area contributed by atoms with Crippen LogP contribution in [0, 0.1) is 10.1 Å². The van der Waals surface area contributed by atoms with Gasteiger partial charge in [0.25, 0.3) is 5.69 Å². The Morgan fingerprint density at radius 1 is 1.17 bits per heavy atom. The van der Waals surface area contributed by atoms with E-state index in [0.29, 0.717) is 5.56 Å². The van der Waals surface area contributed by atoms with E-state index in [2.05, 4.69) is 0 Å². The molecule has 0 spiro atoms. The number of carbonyl (C=O) groups is 1. The third-order valence-electron chi connectivity index (χ3n) is 3.03. The highest BCUT2D eigenvalue weighted by atomic mass is 35.5. The topological polar surface area (TPSA) is 69.4 Å². The third kappa shape index (κ3) is 4.23. The molecule has 5 nitrogen and oxygen atoms in total. The Labute approximate surface area is 138 Å². The minimum Gasteiger partial charge on any atom is -0.457 e. The number of hydrogen-bond acceptors (Lipinski definition) is 4. The molecule has 2 aromatic carbocycles. The molecule has 2 rings (SSSR count). The van der Waals surface area contributed by atoms with Crippen LogP contribution in [0.1, 0.15) is 21.5 Å². The van der Waals surface area contributed by atoms with Crippen LogP contribution in [0.15, 0.2) is 42.5 Å². The van der Waals surface area contributed by atoms with Crippen LogP contribution in [-0.2, 0) is 17.5 Å². The van der Waals surface area contributed by atoms with Crippen LogP contribution in [-0.4, -0.2) is 10.9 Å². The summed E-state index contributed by atoms with van der Waals surface area (Å²) in [5, 5.41) is 10.7. The van der Waals surface area contributed by atoms with E-state index in [0.717, 1.165) is 24.3 Å². The lowest BCUT2D eigenvalue weighted by Gasteiger charge is -2.09. The average molecular weight is 360 g/mol. The van der Waals surface area contributed by atoms with Crippen LogP contribution in [0.3, 0.4) is 0 Å². The first-order valence-corrected chi connectivity index (χ1v) is 6.83. The van der Waals surface area contributed by atoms with Gasteiger partial charge in [-0.3, -0.25) is 10.1 Å². The number of halogens is 4. The summed E-state index contributed by atoms with van der Waals surface area (Å²) in [6.45, 7) is -0.296. The molecule has 0 unspecified atom stereocenters. The first-order chi connectivity index (χ1) is 11.2. The van der Waals surface area contributed by atoms with E-state index in [4.69, 9.17) is 16.3 Å². The van der Waals surface area contributed by atoms with Crippen molar-refractivity contribution in [1.29, 1.82) is 0 Å². The van der Waals surface area contributed by atoms with Crippen molar-refractivity contribution >= 4 is 23.3 Å². The van der Waals surface area contributed by atoms with E-state index in [1.807, 2.05) is 0 Å². The molecule has 0 aliphatic heterocycles. The Morgan fingerprint density at radius 2 is 1.79 bits per heavy atom. The minimum atomic E-state index is -4.45. The van der Waals surface area contributed by atoms with Crippen LogP contribution in [0.4, 0.5) is 18.9 Å². The lowest BCUT2D eigenvalue weighted by molar-refractivity contribution is -0.384. The number of ether oxygens (including phenoxy) is 1. The van der Waals surface area contributed by atoms with Crippen LogP contribution >= 0.6 is 11.6 Å². The molecule has 0 heterocycles. The number of rotatable bonds is 4. The van der Waals surface area contributed by atoms with E-state index in [-0.39, 0.29) is 22.9 Å². The van der Waals surface area contributed by atoms with E-state index < -0.39 is 22.6 Å². The molecule has 0 aliphatic carbocycles. The summed E-state index contributed by atoms with van der Waals surface area (Å²) < 4.78 is 42.3. The minimum absolute atomic E-state index is 0.0296. The zero-order valence-electron chi connectivity index (χ0n) is 11.8. The number of benzene rings is 2. The first-order valence-electron chi connectivity index (χ1n) is 6.45. The van der Waals surface area contributed by atoms with E-state index in [9.17, 15) is 28.1 Å². The van der Waals surface area contributed by atoms with Crippen LogP contribution in [0.25, 0.3) is 0 Å². The number of nitro benzene ring substituents is 1. The molecular formula is C15H9ClF3NO4. The summed E-state index contributed by atoms with van der Waals surface area (Å²) in [4.78, 5) is 21.9. The Hall–Kier alpha value is -2.61. The predicted molar refractivity (Wildman–Crippen MR) is 78.7 cm³/mol. The van der Waals surface area contributed by atoms with Gasteiger partial charge in [0.15, 0.2) is 0 Å². The number of carbonyl (C=O) groups excluding carboxylic acids is 1. The molecule has 0 saturated carbocycles. The maximum absolute atomic E-state index is 12.4. The van der Waals surface area contributed by atoms with Crippen molar-refractivity contribution in [3.05, 3.63) is 74.3 Å². The molecule has 9 heteroatoms. The maximum atomic E-state index is 12.4. The number of alkyl halides is 3.